The zero-order chi connectivity index (χ0) is 21.7. The number of halogens is 1. The van der Waals surface area contributed by atoms with Crippen molar-refractivity contribution in [3.05, 3.63) is 42.9 Å². The summed E-state index contributed by atoms with van der Waals surface area (Å²) in [4.78, 5) is 15.4. The molecule has 32 heavy (non-hydrogen) atoms. The SMILES string of the molecule is COc1nc(N[C@@H]2CN(C3COC3)C[C@@H]2F)nn2ccc(-c3ccc4nccnc4c3)c12. The number of benzene rings is 1. The number of aromatic nitrogens is 5. The molecular formula is C22H22FN7O2. The van der Waals surface area contributed by atoms with E-state index < -0.39 is 6.17 Å². The number of nitrogens with zero attached hydrogens (tertiary/aromatic N) is 6. The maximum atomic E-state index is 14.6. The molecule has 164 valence electrons. The monoisotopic (exact) mass is 435 g/mol. The van der Waals surface area contributed by atoms with E-state index in [9.17, 15) is 4.39 Å². The second-order valence-corrected chi connectivity index (χ2v) is 8.14. The number of rotatable bonds is 5. The van der Waals surface area contributed by atoms with Gasteiger partial charge < -0.3 is 14.8 Å². The van der Waals surface area contributed by atoms with Crippen LogP contribution in [0.2, 0.25) is 0 Å². The van der Waals surface area contributed by atoms with E-state index in [0.717, 1.165) is 27.7 Å². The summed E-state index contributed by atoms with van der Waals surface area (Å²) in [5.41, 5.74) is 4.24. The fraction of sp³-hybridized carbons (Fsp3) is 0.364. The third-order valence-corrected chi connectivity index (χ3v) is 6.18. The van der Waals surface area contributed by atoms with Crippen LogP contribution >= 0.6 is 0 Å². The molecule has 5 heterocycles. The third-order valence-electron chi connectivity index (χ3n) is 6.18. The van der Waals surface area contributed by atoms with Crippen molar-refractivity contribution < 1.29 is 13.9 Å². The predicted molar refractivity (Wildman–Crippen MR) is 117 cm³/mol. The summed E-state index contributed by atoms with van der Waals surface area (Å²) in [7, 11) is 1.57. The maximum absolute atomic E-state index is 14.6. The minimum Gasteiger partial charge on any atom is -0.479 e. The van der Waals surface area contributed by atoms with Crippen molar-refractivity contribution in [1.82, 2.24) is 29.5 Å². The average molecular weight is 435 g/mol. The van der Waals surface area contributed by atoms with Crippen molar-refractivity contribution >= 4 is 22.5 Å². The lowest BCUT2D eigenvalue weighted by Crippen LogP contribution is -2.48. The molecule has 10 heteroatoms. The van der Waals surface area contributed by atoms with Crippen LogP contribution in [0.1, 0.15) is 0 Å². The summed E-state index contributed by atoms with van der Waals surface area (Å²) in [6, 6.07) is 7.78. The fourth-order valence-electron chi connectivity index (χ4n) is 4.39. The van der Waals surface area contributed by atoms with Crippen LogP contribution in [0.4, 0.5) is 10.3 Å². The number of alkyl halides is 1. The number of nitrogens with one attached hydrogen (secondary N) is 1. The minimum absolute atomic E-state index is 0.302. The van der Waals surface area contributed by atoms with Crippen molar-refractivity contribution in [2.75, 3.05) is 38.7 Å². The molecule has 3 aromatic heterocycles. The molecule has 0 saturated carbocycles. The number of hydrogen-bond acceptors (Lipinski definition) is 8. The second kappa shape index (κ2) is 7.64. The highest BCUT2D eigenvalue weighted by Crippen LogP contribution is 2.33. The molecule has 0 bridgehead atoms. The van der Waals surface area contributed by atoms with E-state index in [-0.39, 0.29) is 6.04 Å². The van der Waals surface area contributed by atoms with Crippen molar-refractivity contribution in [2.24, 2.45) is 0 Å². The first-order valence-corrected chi connectivity index (χ1v) is 10.6. The molecule has 1 aromatic carbocycles. The molecule has 0 aliphatic carbocycles. The Morgan fingerprint density at radius 3 is 2.75 bits per heavy atom. The van der Waals surface area contributed by atoms with Gasteiger partial charge in [-0.1, -0.05) is 6.07 Å². The Hall–Kier alpha value is -3.37. The number of methoxy groups -OCH3 is 1. The molecule has 9 nitrogen and oxygen atoms in total. The Balaban J connectivity index is 1.32. The van der Waals surface area contributed by atoms with Crippen LogP contribution in [0, 0.1) is 0 Å². The maximum Gasteiger partial charge on any atom is 0.244 e. The van der Waals surface area contributed by atoms with Crippen LogP contribution in [0.3, 0.4) is 0 Å². The van der Waals surface area contributed by atoms with Crippen LogP contribution in [-0.2, 0) is 4.74 Å². The topological polar surface area (TPSA) is 89.7 Å². The normalized spacial score (nSPS) is 21.8. The largest absolute Gasteiger partial charge is 0.479 e. The highest BCUT2D eigenvalue weighted by molar-refractivity contribution is 5.89. The van der Waals surface area contributed by atoms with E-state index in [1.165, 1.54) is 0 Å². The molecule has 0 spiro atoms. The molecule has 2 atom stereocenters. The number of fused-ring (bicyclic) bond motifs is 2. The van der Waals surface area contributed by atoms with Gasteiger partial charge in [-0.3, -0.25) is 14.9 Å². The standard InChI is InChI=1S/C22H22FN7O2/c1-31-21-20-15(13-2-3-17-18(8-13)25-6-5-24-17)4-7-30(20)28-22(27-21)26-19-10-29(9-16(19)23)14-11-32-12-14/h2-8,14,16,19H,9-12H2,1H3,(H,26,28)/t16-,19+/m0/s1. The van der Waals surface area contributed by atoms with Crippen LogP contribution in [0.15, 0.2) is 42.9 Å². The predicted octanol–water partition coefficient (Wildman–Crippen LogP) is 2.18. The van der Waals surface area contributed by atoms with Gasteiger partial charge in [0.25, 0.3) is 0 Å². The van der Waals surface area contributed by atoms with Gasteiger partial charge in [-0.25, -0.2) is 8.91 Å². The summed E-state index contributed by atoms with van der Waals surface area (Å²) >= 11 is 0. The summed E-state index contributed by atoms with van der Waals surface area (Å²) in [6.07, 6.45) is 4.19. The Labute approximate surface area is 183 Å². The minimum atomic E-state index is -1.00. The molecule has 0 radical (unpaired) electrons. The average Bonchev–Trinajstić information content (AvgIpc) is 3.35. The molecule has 0 unspecified atom stereocenters. The van der Waals surface area contributed by atoms with Gasteiger partial charge in [0.05, 0.1) is 43.4 Å². The van der Waals surface area contributed by atoms with Crippen molar-refractivity contribution in [3.63, 3.8) is 0 Å². The van der Waals surface area contributed by atoms with E-state index in [4.69, 9.17) is 9.47 Å². The zero-order valence-corrected chi connectivity index (χ0v) is 17.5. The van der Waals surface area contributed by atoms with Gasteiger partial charge >= 0.3 is 0 Å². The lowest BCUT2D eigenvalue weighted by atomic mass is 10.1. The highest BCUT2D eigenvalue weighted by atomic mass is 19.1. The fourth-order valence-corrected chi connectivity index (χ4v) is 4.39. The van der Waals surface area contributed by atoms with E-state index >= 15 is 0 Å². The zero-order valence-electron chi connectivity index (χ0n) is 17.5. The molecule has 2 saturated heterocycles. The van der Waals surface area contributed by atoms with Gasteiger partial charge in [0.15, 0.2) is 0 Å². The quantitative estimate of drug-likeness (QED) is 0.510. The van der Waals surface area contributed by atoms with E-state index in [0.29, 0.717) is 44.2 Å². The molecule has 4 aromatic rings. The van der Waals surface area contributed by atoms with Crippen molar-refractivity contribution in [3.8, 4) is 17.0 Å². The number of anilines is 1. The lowest BCUT2D eigenvalue weighted by Gasteiger charge is -2.34. The molecular weight excluding hydrogens is 413 g/mol. The Morgan fingerprint density at radius 2 is 1.97 bits per heavy atom. The lowest BCUT2D eigenvalue weighted by molar-refractivity contribution is -0.0585. The Morgan fingerprint density at radius 1 is 1.12 bits per heavy atom. The van der Waals surface area contributed by atoms with Crippen LogP contribution in [0.25, 0.3) is 27.7 Å². The summed E-state index contributed by atoms with van der Waals surface area (Å²) < 4.78 is 27.2. The van der Waals surface area contributed by atoms with E-state index in [2.05, 4.69) is 30.3 Å². The molecule has 2 aliphatic heterocycles. The first-order chi connectivity index (χ1) is 15.7. The van der Waals surface area contributed by atoms with Crippen molar-refractivity contribution in [1.29, 1.82) is 0 Å². The molecule has 2 fully saturated rings. The Bertz CT molecular complexity index is 1290. The number of likely N-dealkylation sites (tertiary alicyclic amines) is 1. The summed E-state index contributed by atoms with van der Waals surface area (Å²) in [5, 5.41) is 7.74. The number of ether oxygens (including phenoxy) is 2. The first-order valence-electron chi connectivity index (χ1n) is 10.6. The van der Waals surface area contributed by atoms with Crippen molar-refractivity contribution in [2.45, 2.75) is 18.3 Å². The van der Waals surface area contributed by atoms with E-state index in [1.54, 1.807) is 24.0 Å². The summed E-state index contributed by atoms with van der Waals surface area (Å²) in [6.45, 7) is 2.32. The van der Waals surface area contributed by atoms with Gasteiger partial charge in [-0.2, -0.15) is 4.98 Å². The number of hydrogen-bond donors (Lipinski definition) is 1. The molecule has 1 N–H and O–H groups in total. The van der Waals surface area contributed by atoms with Gasteiger partial charge in [-0.15, -0.1) is 5.10 Å². The third kappa shape index (κ3) is 3.23. The van der Waals surface area contributed by atoms with E-state index in [1.807, 2.05) is 30.5 Å². The molecule has 2 aliphatic rings. The van der Waals surface area contributed by atoms with Crippen LogP contribution < -0.4 is 10.1 Å². The van der Waals surface area contributed by atoms with Gasteiger partial charge in [0, 0.05) is 37.2 Å². The van der Waals surface area contributed by atoms with Crippen LogP contribution in [-0.4, -0.2) is 81.1 Å². The highest BCUT2D eigenvalue weighted by Gasteiger charge is 2.39. The molecule has 6 rings (SSSR count). The molecule has 0 amide bonds. The van der Waals surface area contributed by atoms with Gasteiger partial charge in [0.1, 0.15) is 11.7 Å². The van der Waals surface area contributed by atoms with Gasteiger partial charge in [0.2, 0.25) is 11.8 Å². The second-order valence-electron chi connectivity index (χ2n) is 8.14. The van der Waals surface area contributed by atoms with Crippen LogP contribution in [0.5, 0.6) is 5.88 Å². The summed E-state index contributed by atoms with van der Waals surface area (Å²) in [5.74, 6) is 0.750. The first kappa shape index (κ1) is 19.3. The Kier molecular flexibility index (Phi) is 4.62. The smallest absolute Gasteiger partial charge is 0.244 e. The van der Waals surface area contributed by atoms with Gasteiger partial charge in [-0.05, 0) is 23.8 Å².